The molecule has 116 valence electrons. The molecule has 2 rings (SSSR count). The summed E-state index contributed by atoms with van der Waals surface area (Å²) >= 11 is 9.40. The Bertz CT molecular complexity index is 648. The van der Waals surface area contributed by atoms with E-state index in [0.29, 0.717) is 10.8 Å². The van der Waals surface area contributed by atoms with Gasteiger partial charge in [0, 0.05) is 11.5 Å². The number of ether oxygens (including phenoxy) is 1. The Morgan fingerprint density at radius 1 is 1.27 bits per heavy atom. The third-order valence-electron chi connectivity index (χ3n) is 3.50. The van der Waals surface area contributed by atoms with Crippen LogP contribution in [0, 0.1) is 0 Å². The van der Waals surface area contributed by atoms with Crippen molar-refractivity contribution in [2.24, 2.45) is 0 Å². The van der Waals surface area contributed by atoms with Crippen LogP contribution in [0.4, 0.5) is 0 Å². The molecule has 2 aromatic carbocycles. The van der Waals surface area contributed by atoms with Gasteiger partial charge in [-0.1, -0.05) is 57.9 Å². The van der Waals surface area contributed by atoms with Gasteiger partial charge in [0.1, 0.15) is 5.75 Å². The number of likely N-dealkylation sites (N-methyl/N-ethyl adjacent to an activating group) is 1. The number of nitrogens with zero attached hydrogens (tertiary/aromatic N) is 1. The Hall–Kier alpha value is -1.52. The Balaban J connectivity index is 1.97. The minimum Gasteiger partial charge on any atom is -0.482 e. The summed E-state index contributed by atoms with van der Waals surface area (Å²) in [6, 6.07) is 15.2. The van der Waals surface area contributed by atoms with Gasteiger partial charge in [0.2, 0.25) is 0 Å². The van der Waals surface area contributed by atoms with Crippen LogP contribution < -0.4 is 4.74 Å². The lowest BCUT2D eigenvalue weighted by Crippen LogP contribution is -2.33. The Kier molecular flexibility index (Phi) is 5.86. The van der Waals surface area contributed by atoms with Crippen LogP contribution in [0.5, 0.6) is 5.75 Å². The van der Waals surface area contributed by atoms with Gasteiger partial charge in [-0.2, -0.15) is 0 Å². The monoisotopic (exact) mass is 381 g/mol. The van der Waals surface area contributed by atoms with Gasteiger partial charge in [0.05, 0.1) is 11.1 Å². The number of rotatable bonds is 5. The molecule has 0 bridgehead atoms. The maximum absolute atomic E-state index is 12.3. The van der Waals surface area contributed by atoms with Gasteiger partial charge in [-0.05, 0) is 30.7 Å². The number of carbonyl (C=O) groups excluding carboxylic acids is 1. The summed E-state index contributed by atoms with van der Waals surface area (Å²) in [5, 5.41) is 0.473. The van der Waals surface area contributed by atoms with Gasteiger partial charge in [0.15, 0.2) is 6.61 Å². The molecule has 3 nitrogen and oxygen atoms in total. The van der Waals surface area contributed by atoms with E-state index in [4.69, 9.17) is 16.3 Å². The van der Waals surface area contributed by atoms with Crippen molar-refractivity contribution in [3.63, 3.8) is 0 Å². The third kappa shape index (κ3) is 4.24. The maximum atomic E-state index is 12.3. The zero-order valence-electron chi connectivity index (χ0n) is 12.4. The van der Waals surface area contributed by atoms with Crippen LogP contribution in [0.3, 0.4) is 0 Å². The van der Waals surface area contributed by atoms with Crippen molar-refractivity contribution in [2.45, 2.75) is 13.0 Å². The van der Waals surface area contributed by atoms with Crippen LogP contribution in [0.15, 0.2) is 53.0 Å². The van der Waals surface area contributed by atoms with Crippen LogP contribution >= 0.6 is 27.5 Å². The third-order valence-corrected chi connectivity index (χ3v) is 4.29. The summed E-state index contributed by atoms with van der Waals surface area (Å²) in [6.45, 7) is 1.94. The molecule has 0 heterocycles. The summed E-state index contributed by atoms with van der Waals surface area (Å²) in [4.78, 5) is 13.9. The summed E-state index contributed by atoms with van der Waals surface area (Å²) in [5.41, 5.74) is 1.08. The number of carbonyl (C=O) groups is 1. The summed E-state index contributed by atoms with van der Waals surface area (Å²) in [6.07, 6.45) is 0. The van der Waals surface area contributed by atoms with Crippen LogP contribution in [-0.4, -0.2) is 24.5 Å². The minimum atomic E-state index is -0.102. The molecule has 0 N–H and O–H groups in total. The smallest absolute Gasteiger partial charge is 0.260 e. The number of halogens is 2. The van der Waals surface area contributed by atoms with Crippen molar-refractivity contribution in [1.82, 2.24) is 4.90 Å². The zero-order chi connectivity index (χ0) is 16.1. The predicted octanol–water partition coefficient (Wildman–Crippen LogP) is 4.70. The first-order valence-corrected chi connectivity index (χ1v) is 8.04. The van der Waals surface area contributed by atoms with Gasteiger partial charge in [-0.3, -0.25) is 4.79 Å². The van der Waals surface area contributed by atoms with E-state index in [1.807, 2.05) is 43.3 Å². The molecule has 22 heavy (non-hydrogen) atoms. The lowest BCUT2D eigenvalue weighted by molar-refractivity contribution is -0.134. The topological polar surface area (TPSA) is 29.5 Å². The van der Waals surface area contributed by atoms with Gasteiger partial charge >= 0.3 is 0 Å². The molecule has 1 atom stereocenters. The lowest BCUT2D eigenvalue weighted by Gasteiger charge is -2.25. The van der Waals surface area contributed by atoms with E-state index in [0.717, 1.165) is 10.0 Å². The SMILES string of the molecule is CC(c1ccccc1)N(C)C(=O)COc1ccc(Br)cc1Cl. The van der Waals surface area contributed by atoms with Crippen molar-refractivity contribution in [3.05, 3.63) is 63.6 Å². The van der Waals surface area contributed by atoms with E-state index in [1.54, 1.807) is 24.1 Å². The summed E-state index contributed by atoms with van der Waals surface area (Å²) in [5.74, 6) is 0.398. The maximum Gasteiger partial charge on any atom is 0.260 e. The molecular formula is C17H17BrClNO2. The van der Waals surface area contributed by atoms with Crippen molar-refractivity contribution < 1.29 is 9.53 Å². The second-order valence-corrected chi connectivity index (χ2v) is 6.28. The van der Waals surface area contributed by atoms with Gasteiger partial charge < -0.3 is 9.64 Å². The summed E-state index contributed by atoms with van der Waals surface area (Å²) < 4.78 is 6.38. The quantitative estimate of drug-likeness (QED) is 0.750. The molecule has 0 saturated carbocycles. The molecule has 0 fully saturated rings. The van der Waals surface area contributed by atoms with Gasteiger partial charge in [-0.25, -0.2) is 0 Å². The highest BCUT2D eigenvalue weighted by Gasteiger charge is 2.18. The molecule has 1 amide bonds. The van der Waals surface area contributed by atoms with Crippen molar-refractivity contribution in [1.29, 1.82) is 0 Å². The second kappa shape index (κ2) is 7.65. The average Bonchev–Trinajstić information content (AvgIpc) is 2.53. The molecule has 0 saturated heterocycles. The zero-order valence-corrected chi connectivity index (χ0v) is 14.8. The molecule has 0 spiro atoms. The van der Waals surface area contributed by atoms with Gasteiger partial charge in [-0.15, -0.1) is 0 Å². The highest BCUT2D eigenvalue weighted by molar-refractivity contribution is 9.10. The molecule has 1 unspecified atom stereocenters. The van der Waals surface area contributed by atoms with Crippen molar-refractivity contribution in [3.8, 4) is 5.75 Å². The lowest BCUT2D eigenvalue weighted by atomic mass is 10.1. The molecular weight excluding hydrogens is 366 g/mol. The molecule has 0 aromatic heterocycles. The fourth-order valence-electron chi connectivity index (χ4n) is 2.00. The standard InChI is InChI=1S/C17H17BrClNO2/c1-12(13-6-4-3-5-7-13)20(2)17(21)11-22-16-9-8-14(18)10-15(16)19/h3-10,12H,11H2,1-2H3. The van der Waals surface area contributed by atoms with E-state index >= 15 is 0 Å². The number of amides is 1. The van der Waals surface area contributed by atoms with Gasteiger partial charge in [0.25, 0.3) is 5.91 Å². The Morgan fingerprint density at radius 3 is 2.59 bits per heavy atom. The van der Waals surface area contributed by atoms with Crippen molar-refractivity contribution in [2.75, 3.05) is 13.7 Å². The first-order valence-electron chi connectivity index (χ1n) is 6.87. The van der Waals surface area contributed by atoms with Crippen LogP contribution in [0.1, 0.15) is 18.5 Å². The Labute approximate surface area is 144 Å². The first-order chi connectivity index (χ1) is 10.5. The van der Waals surface area contributed by atoms with E-state index in [9.17, 15) is 4.79 Å². The molecule has 0 radical (unpaired) electrons. The van der Waals surface area contributed by atoms with E-state index in [-0.39, 0.29) is 18.6 Å². The number of hydrogen-bond donors (Lipinski definition) is 0. The van der Waals surface area contributed by atoms with E-state index < -0.39 is 0 Å². The highest BCUT2D eigenvalue weighted by Crippen LogP contribution is 2.28. The molecule has 0 aliphatic heterocycles. The van der Waals surface area contributed by atoms with E-state index in [2.05, 4.69) is 15.9 Å². The second-order valence-electron chi connectivity index (χ2n) is 4.95. The van der Waals surface area contributed by atoms with E-state index in [1.165, 1.54) is 0 Å². The largest absolute Gasteiger partial charge is 0.482 e. The van der Waals surface area contributed by atoms with Crippen LogP contribution in [0.2, 0.25) is 5.02 Å². The predicted molar refractivity (Wildman–Crippen MR) is 92.3 cm³/mol. The number of hydrogen-bond acceptors (Lipinski definition) is 2. The first kappa shape index (κ1) is 16.8. The highest BCUT2D eigenvalue weighted by atomic mass is 79.9. The number of benzene rings is 2. The average molecular weight is 383 g/mol. The minimum absolute atomic E-state index is 0.0160. The Morgan fingerprint density at radius 2 is 1.95 bits per heavy atom. The van der Waals surface area contributed by atoms with Crippen LogP contribution in [0.25, 0.3) is 0 Å². The molecule has 2 aromatic rings. The molecule has 0 aliphatic carbocycles. The summed E-state index contributed by atoms with van der Waals surface area (Å²) in [7, 11) is 1.77. The normalized spacial score (nSPS) is 11.8. The van der Waals surface area contributed by atoms with Crippen molar-refractivity contribution >= 4 is 33.4 Å². The van der Waals surface area contributed by atoms with Crippen LogP contribution in [-0.2, 0) is 4.79 Å². The molecule has 5 heteroatoms. The molecule has 0 aliphatic rings. The fraction of sp³-hybridized carbons (Fsp3) is 0.235. The fourth-order valence-corrected chi connectivity index (χ4v) is 2.73.